The predicted octanol–water partition coefficient (Wildman–Crippen LogP) is 4.38. The molecule has 0 aliphatic rings. The summed E-state index contributed by atoms with van der Waals surface area (Å²) in [6, 6.07) is 5.85. The Hall–Kier alpha value is -0.240. The van der Waals surface area contributed by atoms with Gasteiger partial charge in [0.25, 0.3) is 0 Å². The van der Waals surface area contributed by atoms with Crippen LogP contribution in [0, 0.1) is 20.8 Å². The summed E-state index contributed by atoms with van der Waals surface area (Å²) in [7, 11) is 0. The van der Waals surface area contributed by atoms with Crippen molar-refractivity contribution < 1.29 is 0 Å². The summed E-state index contributed by atoms with van der Waals surface area (Å²) in [5.74, 6) is 6.32. The topological polar surface area (TPSA) is 26.0 Å². The van der Waals surface area contributed by atoms with Gasteiger partial charge in [-0.1, -0.05) is 23.6 Å². The van der Waals surface area contributed by atoms with Crippen molar-refractivity contribution in [3.8, 4) is 11.8 Å². The van der Waals surface area contributed by atoms with Crippen molar-refractivity contribution in [1.82, 2.24) is 0 Å². The van der Waals surface area contributed by atoms with Crippen molar-refractivity contribution >= 4 is 34.2 Å². The number of benzene rings is 1. The highest BCUT2D eigenvalue weighted by Crippen LogP contribution is 2.23. The van der Waals surface area contributed by atoms with E-state index in [0.29, 0.717) is 6.42 Å². The fourth-order valence-corrected chi connectivity index (χ4v) is 1.81. The van der Waals surface area contributed by atoms with Crippen LogP contribution in [0.15, 0.2) is 18.2 Å². The van der Waals surface area contributed by atoms with Crippen molar-refractivity contribution in [2.24, 2.45) is 11.1 Å². The molecule has 3 heteroatoms. The van der Waals surface area contributed by atoms with E-state index in [2.05, 4.69) is 55.2 Å². The van der Waals surface area contributed by atoms with Gasteiger partial charge in [0.2, 0.25) is 0 Å². The van der Waals surface area contributed by atoms with Gasteiger partial charge >= 0.3 is 0 Å². The van der Waals surface area contributed by atoms with Crippen LogP contribution in [0.4, 0.5) is 0 Å². The number of halogens is 2. The molecule has 1 aromatic rings. The monoisotopic (exact) mass is 361 g/mol. The zero-order valence-electron chi connectivity index (χ0n) is 10.3. The van der Waals surface area contributed by atoms with E-state index in [0.717, 1.165) is 14.2 Å². The molecule has 0 aliphatic heterocycles. The lowest BCUT2D eigenvalue weighted by Gasteiger charge is -2.11. The highest BCUT2D eigenvalue weighted by Gasteiger charge is 2.08. The maximum absolute atomic E-state index is 6.08. The number of nitrogens with two attached hydrogens (primary N) is 1. The summed E-state index contributed by atoms with van der Waals surface area (Å²) in [5, 5.41) is 0.752. The third-order valence-electron chi connectivity index (χ3n) is 2.16. The summed E-state index contributed by atoms with van der Waals surface area (Å²) in [4.78, 5) is 0. The van der Waals surface area contributed by atoms with E-state index in [9.17, 15) is 0 Å². The Morgan fingerprint density at radius 2 is 2.06 bits per heavy atom. The van der Waals surface area contributed by atoms with Crippen molar-refractivity contribution in [3.63, 3.8) is 0 Å². The molecule has 0 spiro atoms. The Balaban J connectivity index is 2.73. The Labute approximate surface area is 122 Å². The fraction of sp³-hybridized carbons (Fsp3) is 0.429. The van der Waals surface area contributed by atoms with E-state index in [4.69, 9.17) is 17.3 Å². The van der Waals surface area contributed by atoms with Crippen molar-refractivity contribution in [3.05, 3.63) is 32.4 Å². The van der Waals surface area contributed by atoms with E-state index in [-0.39, 0.29) is 11.5 Å². The van der Waals surface area contributed by atoms with E-state index in [1.165, 1.54) is 0 Å². The van der Waals surface area contributed by atoms with Gasteiger partial charge in [-0.2, -0.15) is 0 Å². The number of hydrogen-bond donors (Lipinski definition) is 1. The first-order valence-corrected chi connectivity index (χ1v) is 6.96. The molecule has 0 saturated heterocycles. The lowest BCUT2D eigenvalue weighted by Crippen LogP contribution is -2.10. The van der Waals surface area contributed by atoms with Crippen molar-refractivity contribution in [1.29, 1.82) is 0 Å². The number of rotatable bonds is 2. The van der Waals surface area contributed by atoms with E-state index >= 15 is 0 Å². The summed E-state index contributed by atoms with van der Waals surface area (Å²) in [6.45, 7) is 6.27. The molecule has 0 amide bonds. The zero-order valence-corrected chi connectivity index (χ0v) is 13.3. The Morgan fingerprint density at radius 1 is 1.41 bits per heavy atom. The largest absolute Gasteiger partial charge is 0.323 e. The predicted molar refractivity (Wildman–Crippen MR) is 82.9 cm³/mol. The molecule has 0 bridgehead atoms. The standard InChI is InChI=1S/C14H17ClIN/c1-14(2,3)8-4-5-13(17)10-6-7-12(16)11(15)9-10/h6-7,9,13H,5,17H2,1-3H3. The van der Waals surface area contributed by atoms with Crippen molar-refractivity contribution in [2.75, 3.05) is 0 Å². The fourth-order valence-electron chi connectivity index (χ4n) is 1.29. The van der Waals surface area contributed by atoms with Crippen LogP contribution in [0.3, 0.4) is 0 Å². The van der Waals surface area contributed by atoms with Gasteiger partial charge in [-0.05, 0) is 61.1 Å². The minimum atomic E-state index is -0.0700. The SMILES string of the molecule is CC(C)(C)C#CCC(N)c1ccc(I)c(Cl)c1. The molecule has 1 aromatic carbocycles. The van der Waals surface area contributed by atoms with Gasteiger partial charge in [-0.25, -0.2) is 0 Å². The highest BCUT2D eigenvalue weighted by atomic mass is 127. The van der Waals surface area contributed by atoms with Gasteiger partial charge in [0.05, 0.1) is 5.02 Å². The van der Waals surface area contributed by atoms with Crippen LogP contribution in [-0.2, 0) is 0 Å². The summed E-state index contributed by atoms with van der Waals surface area (Å²) < 4.78 is 1.04. The van der Waals surface area contributed by atoms with Crippen LogP contribution >= 0.6 is 34.2 Å². The van der Waals surface area contributed by atoms with Crippen molar-refractivity contribution in [2.45, 2.75) is 33.2 Å². The first-order chi connectivity index (χ1) is 7.79. The van der Waals surface area contributed by atoms with Gasteiger partial charge in [0.15, 0.2) is 0 Å². The quantitative estimate of drug-likeness (QED) is 0.614. The molecule has 0 fully saturated rings. The highest BCUT2D eigenvalue weighted by molar-refractivity contribution is 14.1. The molecular weight excluding hydrogens is 345 g/mol. The van der Waals surface area contributed by atoms with E-state index in [1.54, 1.807) is 0 Å². The minimum Gasteiger partial charge on any atom is -0.323 e. The normalized spacial score (nSPS) is 12.8. The third-order valence-corrected chi connectivity index (χ3v) is 3.73. The Bertz CT molecular complexity index is 452. The molecule has 0 aliphatic carbocycles. The van der Waals surface area contributed by atoms with Gasteiger partial charge < -0.3 is 5.73 Å². The molecule has 1 rings (SSSR count). The molecular formula is C14H17ClIN. The van der Waals surface area contributed by atoms with Crippen LogP contribution in [0.5, 0.6) is 0 Å². The Kier molecular flexibility index (Phi) is 5.30. The average Bonchev–Trinajstić information content (AvgIpc) is 2.20. The van der Waals surface area contributed by atoms with Crippen LogP contribution in [0.1, 0.15) is 38.8 Å². The molecule has 0 saturated carbocycles. The third kappa shape index (κ3) is 5.29. The lowest BCUT2D eigenvalue weighted by atomic mass is 9.97. The van der Waals surface area contributed by atoms with E-state index < -0.39 is 0 Å². The lowest BCUT2D eigenvalue weighted by molar-refractivity contribution is 0.569. The molecule has 0 radical (unpaired) electrons. The van der Waals surface area contributed by atoms with Crippen LogP contribution in [0.25, 0.3) is 0 Å². The summed E-state index contributed by atoms with van der Waals surface area (Å²) >= 11 is 8.27. The van der Waals surface area contributed by atoms with Gasteiger partial charge in [-0.15, -0.1) is 5.92 Å². The smallest absolute Gasteiger partial charge is 0.0542 e. The second-order valence-corrected chi connectivity index (χ2v) is 6.61. The summed E-state index contributed by atoms with van der Waals surface area (Å²) in [5.41, 5.74) is 7.15. The minimum absolute atomic E-state index is 0.0312. The average molecular weight is 362 g/mol. The Morgan fingerprint density at radius 3 is 2.59 bits per heavy atom. The molecule has 1 nitrogen and oxygen atoms in total. The van der Waals surface area contributed by atoms with Gasteiger partial charge in [0.1, 0.15) is 0 Å². The molecule has 0 aromatic heterocycles. The maximum Gasteiger partial charge on any atom is 0.0542 e. The molecule has 2 N–H and O–H groups in total. The van der Waals surface area contributed by atoms with Crippen LogP contribution < -0.4 is 5.73 Å². The second-order valence-electron chi connectivity index (χ2n) is 5.04. The first-order valence-electron chi connectivity index (χ1n) is 5.50. The molecule has 92 valence electrons. The van der Waals surface area contributed by atoms with E-state index in [1.807, 2.05) is 18.2 Å². The second kappa shape index (κ2) is 6.08. The molecule has 1 unspecified atom stereocenters. The number of hydrogen-bond acceptors (Lipinski definition) is 1. The molecule has 0 heterocycles. The van der Waals surface area contributed by atoms with Gasteiger partial charge in [0, 0.05) is 21.4 Å². The zero-order chi connectivity index (χ0) is 13.1. The molecule has 1 atom stereocenters. The van der Waals surface area contributed by atoms with Crippen LogP contribution in [-0.4, -0.2) is 0 Å². The first kappa shape index (κ1) is 14.8. The van der Waals surface area contributed by atoms with Crippen LogP contribution in [0.2, 0.25) is 5.02 Å². The summed E-state index contributed by atoms with van der Waals surface area (Å²) in [6.07, 6.45) is 0.661. The molecule has 17 heavy (non-hydrogen) atoms. The van der Waals surface area contributed by atoms with Gasteiger partial charge in [-0.3, -0.25) is 0 Å². The maximum atomic E-state index is 6.08.